The fourth-order valence-corrected chi connectivity index (χ4v) is 5.28. The fraction of sp³-hybridized carbons (Fsp3) is 0.333. The third-order valence-electron chi connectivity index (χ3n) is 5.92. The fourth-order valence-electron chi connectivity index (χ4n) is 4.33. The molecule has 0 spiro atoms. The van der Waals surface area contributed by atoms with E-state index >= 15 is 0 Å². The molecule has 0 bridgehead atoms. The van der Waals surface area contributed by atoms with Gasteiger partial charge in [0.1, 0.15) is 5.82 Å². The molecule has 1 atom stereocenters. The lowest BCUT2D eigenvalue weighted by atomic mass is 9.96. The van der Waals surface area contributed by atoms with Crippen LogP contribution in [-0.2, 0) is 11.2 Å². The maximum absolute atomic E-state index is 13.3. The van der Waals surface area contributed by atoms with Crippen LogP contribution in [0.25, 0.3) is 16.9 Å². The van der Waals surface area contributed by atoms with Gasteiger partial charge >= 0.3 is 0 Å². The highest BCUT2D eigenvalue weighted by Crippen LogP contribution is 2.31. The predicted octanol–water partition coefficient (Wildman–Crippen LogP) is 4.42. The number of aryl methyl sites for hydroxylation is 2. The van der Waals surface area contributed by atoms with E-state index in [0.29, 0.717) is 13.0 Å². The first kappa shape index (κ1) is 19.9. The normalized spacial score (nSPS) is 16.7. The van der Waals surface area contributed by atoms with Crippen LogP contribution in [0.15, 0.2) is 48.7 Å². The van der Waals surface area contributed by atoms with Gasteiger partial charge in [-0.2, -0.15) is 0 Å². The lowest BCUT2D eigenvalue weighted by molar-refractivity contribution is -0.131. The van der Waals surface area contributed by atoms with Crippen LogP contribution < -0.4 is 0 Å². The average Bonchev–Trinajstić information content (AvgIpc) is 3.38. The first-order valence-electron chi connectivity index (χ1n) is 10.7. The number of carbonyl (C=O) groups is 1. The van der Waals surface area contributed by atoms with Gasteiger partial charge in [-0.3, -0.25) is 9.20 Å². The van der Waals surface area contributed by atoms with Crippen molar-refractivity contribution in [1.29, 1.82) is 0 Å². The second-order valence-electron chi connectivity index (χ2n) is 8.21. The number of pyridine rings is 1. The zero-order valence-corrected chi connectivity index (χ0v) is 18.6. The van der Waals surface area contributed by atoms with Crippen LogP contribution in [0, 0.1) is 13.8 Å². The number of aromatic nitrogens is 4. The van der Waals surface area contributed by atoms with E-state index in [2.05, 4.69) is 41.4 Å². The van der Waals surface area contributed by atoms with Gasteiger partial charge in [0.05, 0.1) is 17.1 Å². The molecule has 1 fully saturated rings. The van der Waals surface area contributed by atoms with Crippen LogP contribution in [0.1, 0.15) is 40.0 Å². The summed E-state index contributed by atoms with van der Waals surface area (Å²) < 4.78 is 2.04. The number of fused-ring (bicyclic) bond motifs is 1. The Hall–Kier alpha value is -3.06. The van der Waals surface area contributed by atoms with Gasteiger partial charge in [-0.05, 0) is 38.8 Å². The number of hydrogen-bond donors (Lipinski definition) is 0. The SMILES string of the molecule is Cc1ccc(-c2nc(C)sc2CC(=O)N2CCC[C@H](c3nnc4ccccn34)C2)cc1. The lowest BCUT2D eigenvalue weighted by Crippen LogP contribution is -2.40. The number of benzene rings is 1. The zero-order valence-electron chi connectivity index (χ0n) is 17.8. The molecule has 1 aromatic carbocycles. The molecule has 0 N–H and O–H groups in total. The molecule has 4 aromatic rings. The summed E-state index contributed by atoms with van der Waals surface area (Å²) in [7, 11) is 0. The van der Waals surface area contributed by atoms with Gasteiger partial charge in [-0.1, -0.05) is 35.9 Å². The summed E-state index contributed by atoms with van der Waals surface area (Å²) >= 11 is 1.62. The van der Waals surface area contributed by atoms with E-state index in [1.54, 1.807) is 11.3 Å². The van der Waals surface area contributed by atoms with Gasteiger partial charge in [0.2, 0.25) is 5.91 Å². The van der Waals surface area contributed by atoms with Crippen molar-refractivity contribution in [2.24, 2.45) is 0 Å². The first-order valence-corrected chi connectivity index (χ1v) is 11.5. The quantitative estimate of drug-likeness (QED) is 0.480. The molecule has 3 aromatic heterocycles. The molecule has 1 aliphatic heterocycles. The molecular formula is C24H25N5OS. The molecule has 31 heavy (non-hydrogen) atoms. The van der Waals surface area contributed by atoms with Crippen molar-refractivity contribution >= 4 is 22.9 Å². The maximum atomic E-state index is 13.3. The molecule has 158 valence electrons. The number of nitrogens with zero attached hydrogens (tertiary/aromatic N) is 5. The monoisotopic (exact) mass is 431 g/mol. The van der Waals surface area contributed by atoms with Gasteiger partial charge in [0.25, 0.3) is 0 Å². The van der Waals surface area contributed by atoms with E-state index in [-0.39, 0.29) is 11.8 Å². The van der Waals surface area contributed by atoms with Crippen LogP contribution in [-0.4, -0.2) is 43.5 Å². The smallest absolute Gasteiger partial charge is 0.227 e. The van der Waals surface area contributed by atoms with E-state index in [1.165, 1.54) is 5.56 Å². The number of amides is 1. The van der Waals surface area contributed by atoms with Gasteiger partial charge in [0.15, 0.2) is 5.65 Å². The molecule has 6 nitrogen and oxygen atoms in total. The molecule has 1 saturated heterocycles. The summed E-state index contributed by atoms with van der Waals surface area (Å²) in [5.74, 6) is 1.31. The van der Waals surface area contributed by atoms with Crippen LogP contribution in [0.4, 0.5) is 0 Å². The number of hydrogen-bond acceptors (Lipinski definition) is 5. The molecule has 0 aliphatic carbocycles. The van der Waals surface area contributed by atoms with Gasteiger partial charge in [-0.15, -0.1) is 21.5 Å². The van der Waals surface area contributed by atoms with Crippen molar-refractivity contribution in [2.45, 2.75) is 39.0 Å². The predicted molar refractivity (Wildman–Crippen MR) is 122 cm³/mol. The standard InChI is InChI=1S/C24H25N5OS/c1-16-8-10-18(11-9-16)23-20(31-17(2)25-23)14-22(30)28-12-5-6-19(15-28)24-27-26-21-7-3-4-13-29(21)24/h3-4,7-11,13,19H,5-6,12,14-15H2,1-2H3/t19-/m0/s1. The Labute approximate surface area is 185 Å². The molecule has 0 saturated carbocycles. The largest absolute Gasteiger partial charge is 0.342 e. The van der Waals surface area contributed by atoms with E-state index in [9.17, 15) is 4.79 Å². The topological polar surface area (TPSA) is 63.4 Å². The minimum absolute atomic E-state index is 0.163. The number of carbonyl (C=O) groups excluding carboxylic acids is 1. The Morgan fingerprint density at radius 3 is 2.81 bits per heavy atom. The van der Waals surface area contributed by atoms with Crippen molar-refractivity contribution in [2.75, 3.05) is 13.1 Å². The summed E-state index contributed by atoms with van der Waals surface area (Å²) in [6.45, 7) is 5.56. The number of likely N-dealkylation sites (tertiary alicyclic amines) is 1. The number of rotatable bonds is 4. The summed E-state index contributed by atoms with van der Waals surface area (Å²) in [5, 5.41) is 9.71. The maximum Gasteiger partial charge on any atom is 0.227 e. The van der Waals surface area contributed by atoms with E-state index in [1.807, 2.05) is 40.6 Å². The molecule has 4 heterocycles. The Morgan fingerprint density at radius 2 is 1.97 bits per heavy atom. The van der Waals surface area contributed by atoms with Gasteiger partial charge < -0.3 is 4.90 Å². The van der Waals surface area contributed by atoms with Crippen LogP contribution in [0.3, 0.4) is 0 Å². The first-order chi connectivity index (χ1) is 15.1. The number of piperidine rings is 1. The third kappa shape index (κ3) is 3.97. The zero-order chi connectivity index (χ0) is 21.4. The summed E-state index contributed by atoms with van der Waals surface area (Å²) in [4.78, 5) is 21.0. The van der Waals surface area contributed by atoms with Crippen molar-refractivity contribution in [1.82, 2.24) is 24.5 Å². The van der Waals surface area contributed by atoms with Crippen molar-refractivity contribution in [3.63, 3.8) is 0 Å². The van der Waals surface area contributed by atoms with Crippen molar-refractivity contribution in [3.8, 4) is 11.3 Å². The molecular weight excluding hydrogens is 406 g/mol. The highest BCUT2D eigenvalue weighted by molar-refractivity contribution is 7.12. The third-order valence-corrected chi connectivity index (χ3v) is 6.89. The highest BCUT2D eigenvalue weighted by Gasteiger charge is 2.28. The van der Waals surface area contributed by atoms with E-state index in [4.69, 9.17) is 4.98 Å². The summed E-state index contributed by atoms with van der Waals surface area (Å²) in [6.07, 6.45) is 4.39. The molecule has 5 rings (SSSR count). The molecule has 0 unspecified atom stereocenters. The Morgan fingerprint density at radius 1 is 1.13 bits per heavy atom. The molecule has 1 amide bonds. The second kappa shape index (κ2) is 8.23. The minimum atomic E-state index is 0.163. The summed E-state index contributed by atoms with van der Waals surface area (Å²) in [6, 6.07) is 14.3. The highest BCUT2D eigenvalue weighted by atomic mass is 32.1. The van der Waals surface area contributed by atoms with Gasteiger partial charge in [-0.25, -0.2) is 4.98 Å². The molecule has 7 heteroatoms. The Bertz CT molecular complexity index is 1230. The summed E-state index contributed by atoms with van der Waals surface area (Å²) in [5.41, 5.74) is 4.08. The van der Waals surface area contributed by atoms with Crippen LogP contribution in [0.5, 0.6) is 0 Å². The van der Waals surface area contributed by atoms with E-state index < -0.39 is 0 Å². The van der Waals surface area contributed by atoms with Crippen molar-refractivity contribution < 1.29 is 4.79 Å². The second-order valence-corrected chi connectivity index (χ2v) is 9.50. The van der Waals surface area contributed by atoms with E-state index in [0.717, 1.165) is 52.0 Å². The Balaban J connectivity index is 1.35. The molecule has 0 radical (unpaired) electrons. The van der Waals surface area contributed by atoms with Crippen molar-refractivity contribution in [3.05, 3.63) is 69.9 Å². The van der Waals surface area contributed by atoms with Gasteiger partial charge in [0, 0.05) is 35.6 Å². The minimum Gasteiger partial charge on any atom is -0.342 e. The van der Waals surface area contributed by atoms with Crippen LogP contribution in [0.2, 0.25) is 0 Å². The lowest BCUT2D eigenvalue weighted by Gasteiger charge is -2.32. The average molecular weight is 432 g/mol. The molecule has 1 aliphatic rings. The van der Waals surface area contributed by atoms with Crippen LogP contribution >= 0.6 is 11.3 Å². The Kier molecular flexibility index (Phi) is 5.28. The number of thiazole rings is 1.